The number of halogens is 1. The van der Waals surface area contributed by atoms with Gasteiger partial charge in [0.2, 0.25) is 5.75 Å². The van der Waals surface area contributed by atoms with Crippen LogP contribution >= 0.6 is 12.4 Å². The highest BCUT2D eigenvalue weighted by Crippen LogP contribution is 2.42. The molecule has 1 aromatic carbocycles. The Bertz CT molecular complexity index is 672. The highest BCUT2D eigenvalue weighted by molar-refractivity contribution is 6.05. The summed E-state index contributed by atoms with van der Waals surface area (Å²) >= 11 is 0. The second-order valence-electron chi connectivity index (χ2n) is 4.34. The number of methoxy groups -OCH3 is 3. The Morgan fingerprint density at radius 3 is 2.39 bits per heavy atom. The highest BCUT2D eigenvalue weighted by Gasteiger charge is 2.18. The molecule has 8 heteroatoms. The Hall–Kier alpha value is -2.38. The molecule has 7 nitrogen and oxygen atoms in total. The lowest BCUT2D eigenvalue weighted by Gasteiger charge is -2.15. The number of nitrogens with two attached hydrogens (primary N) is 1. The number of amides is 1. The van der Waals surface area contributed by atoms with E-state index >= 15 is 0 Å². The van der Waals surface area contributed by atoms with E-state index in [0.717, 1.165) is 0 Å². The highest BCUT2D eigenvalue weighted by atomic mass is 35.5. The minimum Gasteiger partial charge on any atom is -0.493 e. The quantitative estimate of drug-likeness (QED) is 0.837. The lowest BCUT2D eigenvalue weighted by atomic mass is 10.2. The van der Waals surface area contributed by atoms with E-state index in [-0.39, 0.29) is 24.9 Å². The molecule has 2 aromatic rings. The third kappa shape index (κ3) is 3.88. The van der Waals surface area contributed by atoms with Crippen LogP contribution in [0.1, 0.15) is 16.1 Å². The molecule has 0 unspecified atom stereocenters. The number of hydrogen-bond acceptors (Lipinski definition) is 6. The van der Waals surface area contributed by atoms with Crippen molar-refractivity contribution in [2.45, 2.75) is 6.54 Å². The van der Waals surface area contributed by atoms with Crippen molar-refractivity contribution in [3.05, 3.63) is 35.8 Å². The maximum absolute atomic E-state index is 12.2. The summed E-state index contributed by atoms with van der Waals surface area (Å²) in [5, 5.41) is 2.74. The fourth-order valence-electron chi connectivity index (χ4n) is 2.00. The summed E-state index contributed by atoms with van der Waals surface area (Å²) < 4.78 is 20.9. The van der Waals surface area contributed by atoms with Crippen molar-refractivity contribution in [2.24, 2.45) is 5.73 Å². The molecule has 0 aliphatic carbocycles. The molecule has 0 saturated heterocycles. The molecule has 3 N–H and O–H groups in total. The van der Waals surface area contributed by atoms with Crippen molar-refractivity contribution in [2.75, 3.05) is 26.6 Å². The minimum atomic E-state index is -0.339. The monoisotopic (exact) mass is 342 g/mol. The average Bonchev–Trinajstić information content (AvgIpc) is 3.03. The maximum Gasteiger partial charge on any atom is 0.259 e. The van der Waals surface area contributed by atoms with Crippen LogP contribution in [0.25, 0.3) is 0 Å². The largest absolute Gasteiger partial charge is 0.493 e. The van der Waals surface area contributed by atoms with Gasteiger partial charge in [-0.3, -0.25) is 4.79 Å². The van der Waals surface area contributed by atoms with Crippen molar-refractivity contribution in [1.29, 1.82) is 0 Å². The smallest absolute Gasteiger partial charge is 0.259 e. The maximum atomic E-state index is 12.2. The lowest BCUT2D eigenvalue weighted by Crippen LogP contribution is -2.12. The van der Waals surface area contributed by atoms with Crippen LogP contribution in [0.3, 0.4) is 0 Å². The van der Waals surface area contributed by atoms with Crippen LogP contribution < -0.4 is 25.3 Å². The number of carbonyl (C=O) groups excluding carboxylic acids is 1. The number of benzene rings is 1. The van der Waals surface area contributed by atoms with Gasteiger partial charge in [0.25, 0.3) is 5.91 Å². The Balaban J connectivity index is 0.00000264. The predicted molar refractivity (Wildman–Crippen MR) is 87.9 cm³/mol. The summed E-state index contributed by atoms with van der Waals surface area (Å²) in [7, 11) is 4.50. The Morgan fingerprint density at radius 1 is 1.17 bits per heavy atom. The van der Waals surface area contributed by atoms with Crippen LogP contribution in [0, 0.1) is 0 Å². The number of rotatable bonds is 6. The number of hydrogen-bond donors (Lipinski definition) is 2. The van der Waals surface area contributed by atoms with Gasteiger partial charge in [-0.1, -0.05) is 0 Å². The number of ether oxygens (including phenoxy) is 3. The Morgan fingerprint density at radius 2 is 1.87 bits per heavy atom. The summed E-state index contributed by atoms with van der Waals surface area (Å²) in [4.78, 5) is 12.2. The molecule has 0 spiro atoms. The van der Waals surface area contributed by atoms with Gasteiger partial charge in [0.1, 0.15) is 12.0 Å². The first-order chi connectivity index (χ1) is 10.6. The number of nitrogens with one attached hydrogen (secondary N) is 1. The van der Waals surface area contributed by atoms with Crippen LogP contribution in [0.2, 0.25) is 0 Å². The zero-order valence-corrected chi connectivity index (χ0v) is 13.9. The molecular formula is C15H19ClN2O5. The van der Waals surface area contributed by atoms with Crippen molar-refractivity contribution in [3.63, 3.8) is 0 Å². The average molecular weight is 343 g/mol. The molecule has 0 aliphatic rings. The van der Waals surface area contributed by atoms with Crippen LogP contribution in [-0.4, -0.2) is 27.2 Å². The summed E-state index contributed by atoms with van der Waals surface area (Å²) in [6, 6.07) is 4.93. The van der Waals surface area contributed by atoms with E-state index in [9.17, 15) is 4.79 Å². The van der Waals surface area contributed by atoms with Crippen LogP contribution in [-0.2, 0) is 6.54 Å². The van der Waals surface area contributed by atoms with Gasteiger partial charge < -0.3 is 29.7 Å². The van der Waals surface area contributed by atoms with Crippen LogP contribution in [0.4, 0.5) is 5.69 Å². The summed E-state index contributed by atoms with van der Waals surface area (Å²) in [5.74, 6) is 1.47. The molecule has 1 heterocycles. The fourth-order valence-corrected chi connectivity index (χ4v) is 2.00. The van der Waals surface area contributed by atoms with E-state index in [2.05, 4.69) is 5.32 Å². The number of furan rings is 1. The molecule has 0 fully saturated rings. The molecule has 126 valence electrons. The van der Waals surface area contributed by atoms with E-state index in [1.165, 1.54) is 27.6 Å². The van der Waals surface area contributed by atoms with E-state index in [0.29, 0.717) is 34.3 Å². The first-order valence-corrected chi connectivity index (χ1v) is 6.52. The lowest BCUT2D eigenvalue weighted by molar-refractivity contribution is 0.102. The summed E-state index contributed by atoms with van der Waals surface area (Å²) in [6.07, 6.45) is 1.35. The second-order valence-corrected chi connectivity index (χ2v) is 4.34. The molecule has 0 atom stereocenters. The van der Waals surface area contributed by atoms with E-state index in [1.54, 1.807) is 18.2 Å². The topological polar surface area (TPSA) is 96.0 Å². The molecule has 0 saturated carbocycles. The molecule has 23 heavy (non-hydrogen) atoms. The van der Waals surface area contributed by atoms with Gasteiger partial charge in [-0.25, -0.2) is 0 Å². The first-order valence-electron chi connectivity index (χ1n) is 6.52. The summed E-state index contributed by atoms with van der Waals surface area (Å²) in [6.45, 7) is 0.229. The van der Waals surface area contributed by atoms with Gasteiger partial charge in [-0.15, -0.1) is 12.4 Å². The zero-order chi connectivity index (χ0) is 16.1. The molecular weight excluding hydrogens is 324 g/mol. The number of carbonyl (C=O) groups is 1. The molecule has 2 rings (SSSR count). The normalized spacial score (nSPS) is 9.74. The third-order valence-electron chi connectivity index (χ3n) is 3.07. The SMILES string of the molecule is COc1ccc(NC(=O)c2coc(CN)c2)c(OC)c1OC.Cl. The van der Waals surface area contributed by atoms with Crippen LogP contribution in [0.15, 0.2) is 28.9 Å². The molecule has 0 radical (unpaired) electrons. The fraction of sp³-hybridized carbons (Fsp3) is 0.267. The molecule has 0 aliphatic heterocycles. The van der Waals surface area contributed by atoms with E-state index in [4.69, 9.17) is 24.4 Å². The van der Waals surface area contributed by atoms with Crippen molar-refractivity contribution >= 4 is 24.0 Å². The van der Waals surface area contributed by atoms with Crippen LogP contribution in [0.5, 0.6) is 17.2 Å². The summed E-state index contributed by atoms with van der Waals surface area (Å²) in [5.41, 5.74) is 6.29. The second kappa shape index (κ2) is 8.30. The first kappa shape index (κ1) is 18.7. The third-order valence-corrected chi connectivity index (χ3v) is 3.07. The standard InChI is InChI=1S/C15H18N2O5.ClH/c1-19-12-5-4-11(13(20-2)14(12)21-3)17-15(18)9-6-10(7-16)22-8-9;/h4-6,8H,7,16H2,1-3H3,(H,17,18);1H. The zero-order valence-electron chi connectivity index (χ0n) is 13.0. The van der Waals surface area contributed by atoms with Crippen molar-refractivity contribution in [3.8, 4) is 17.2 Å². The predicted octanol–water partition coefficient (Wildman–Crippen LogP) is 2.44. The van der Waals surface area contributed by atoms with Gasteiger partial charge in [-0.2, -0.15) is 0 Å². The van der Waals surface area contributed by atoms with E-state index in [1.807, 2.05) is 0 Å². The van der Waals surface area contributed by atoms with E-state index < -0.39 is 0 Å². The molecule has 1 aromatic heterocycles. The van der Waals surface area contributed by atoms with Gasteiger partial charge in [0, 0.05) is 0 Å². The van der Waals surface area contributed by atoms with Crippen molar-refractivity contribution < 1.29 is 23.4 Å². The van der Waals surface area contributed by atoms with Gasteiger partial charge in [0.05, 0.1) is 39.1 Å². The van der Waals surface area contributed by atoms with Gasteiger partial charge in [0.15, 0.2) is 11.5 Å². The van der Waals surface area contributed by atoms with Gasteiger partial charge >= 0.3 is 0 Å². The molecule has 0 bridgehead atoms. The minimum absolute atomic E-state index is 0. The van der Waals surface area contributed by atoms with Gasteiger partial charge in [-0.05, 0) is 18.2 Å². The Labute approximate surface area is 140 Å². The Kier molecular flexibility index (Phi) is 6.74. The number of anilines is 1. The molecule has 1 amide bonds. The van der Waals surface area contributed by atoms with Crippen molar-refractivity contribution in [1.82, 2.24) is 0 Å².